The second kappa shape index (κ2) is 4.39. The summed E-state index contributed by atoms with van der Waals surface area (Å²) < 4.78 is 21.1. The van der Waals surface area contributed by atoms with Crippen LogP contribution < -0.4 is 0 Å². The fourth-order valence-corrected chi connectivity index (χ4v) is 2.15. The van der Waals surface area contributed by atoms with E-state index < -0.39 is 0 Å². The van der Waals surface area contributed by atoms with Crippen LogP contribution in [0, 0.1) is 19.7 Å². The molecule has 3 rings (SSSR count). The molecule has 0 amide bonds. The van der Waals surface area contributed by atoms with Crippen molar-refractivity contribution in [3.05, 3.63) is 59.9 Å². The van der Waals surface area contributed by atoms with E-state index in [-0.39, 0.29) is 5.82 Å². The van der Waals surface area contributed by atoms with Crippen LogP contribution in [0.1, 0.15) is 11.4 Å². The molecule has 1 aromatic carbocycles. The van der Waals surface area contributed by atoms with E-state index in [9.17, 15) is 4.39 Å². The molecule has 0 unspecified atom stereocenters. The molecule has 0 N–H and O–H groups in total. The summed E-state index contributed by atoms with van der Waals surface area (Å²) in [4.78, 5) is 0. The average molecular weight is 256 g/mol. The highest BCUT2D eigenvalue weighted by molar-refractivity contribution is 5.59. The predicted octanol–water partition coefficient (Wildman–Crippen LogP) is 3.89. The Hall–Kier alpha value is -2.36. The molecule has 0 aliphatic heterocycles. The van der Waals surface area contributed by atoms with Crippen molar-refractivity contribution in [2.24, 2.45) is 0 Å². The fraction of sp³-hybridized carbons (Fsp3) is 0.133. The van der Waals surface area contributed by atoms with E-state index in [1.54, 1.807) is 29.1 Å². The first kappa shape index (κ1) is 11.7. The molecule has 3 aromatic rings. The normalized spacial score (nSPS) is 10.9. The summed E-state index contributed by atoms with van der Waals surface area (Å²) in [6, 6.07) is 10.5. The van der Waals surface area contributed by atoms with E-state index >= 15 is 0 Å². The zero-order valence-corrected chi connectivity index (χ0v) is 10.7. The molecular weight excluding hydrogens is 243 g/mol. The van der Waals surface area contributed by atoms with Crippen molar-refractivity contribution in [2.45, 2.75) is 13.8 Å². The van der Waals surface area contributed by atoms with Gasteiger partial charge in [0.25, 0.3) is 0 Å². The van der Waals surface area contributed by atoms with Crippen LogP contribution in [0.25, 0.3) is 17.0 Å². The fourth-order valence-electron chi connectivity index (χ4n) is 2.15. The summed E-state index contributed by atoms with van der Waals surface area (Å²) in [7, 11) is 0. The molecule has 2 aromatic heterocycles. The maximum Gasteiger partial charge on any atom is 0.149 e. The second-order valence-corrected chi connectivity index (χ2v) is 4.48. The molecule has 0 atom stereocenters. The van der Waals surface area contributed by atoms with E-state index in [4.69, 9.17) is 4.42 Å². The van der Waals surface area contributed by atoms with Crippen LogP contribution in [-0.2, 0) is 0 Å². The third kappa shape index (κ3) is 2.05. The first-order valence-corrected chi connectivity index (χ1v) is 6.02. The summed E-state index contributed by atoms with van der Waals surface area (Å²) in [5, 5.41) is 4.29. The van der Waals surface area contributed by atoms with Crippen molar-refractivity contribution in [1.29, 1.82) is 0 Å². The number of nitrogens with zero attached hydrogens (tertiary/aromatic N) is 2. The van der Waals surface area contributed by atoms with E-state index in [1.807, 2.05) is 26.0 Å². The summed E-state index contributed by atoms with van der Waals surface area (Å²) in [5.74, 6) is 0.332. The average Bonchev–Trinajstić information content (AvgIpc) is 2.99. The Bertz CT molecular complexity index is 714. The van der Waals surface area contributed by atoms with Gasteiger partial charge in [0.2, 0.25) is 0 Å². The molecule has 0 saturated heterocycles. The van der Waals surface area contributed by atoms with Gasteiger partial charge in [0, 0.05) is 11.3 Å². The second-order valence-electron chi connectivity index (χ2n) is 4.48. The first-order valence-electron chi connectivity index (χ1n) is 6.02. The molecule has 4 heteroatoms. The van der Waals surface area contributed by atoms with E-state index in [2.05, 4.69) is 5.10 Å². The van der Waals surface area contributed by atoms with Gasteiger partial charge in [-0.2, -0.15) is 5.10 Å². The van der Waals surface area contributed by atoms with Crippen LogP contribution >= 0.6 is 0 Å². The largest absolute Gasteiger partial charge is 0.464 e. The van der Waals surface area contributed by atoms with Gasteiger partial charge < -0.3 is 4.42 Å². The van der Waals surface area contributed by atoms with Crippen molar-refractivity contribution in [3.8, 4) is 17.0 Å². The lowest BCUT2D eigenvalue weighted by Crippen LogP contribution is -2.02. The molecule has 3 nitrogen and oxygen atoms in total. The number of rotatable bonds is 2. The minimum absolute atomic E-state index is 0.319. The quantitative estimate of drug-likeness (QED) is 0.696. The maximum atomic E-state index is 14.2. The summed E-state index contributed by atoms with van der Waals surface area (Å²) in [5.41, 5.74) is 2.93. The highest BCUT2D eigenvalue weighted by Crippen LogP contribution is 2.24. The number of hydrogen-bond donors (Lipinski definition) is 0. The Balaban J connectivity index is 2.08. The Morgan fingerprint density at radius 1 is 1.16 bits per heavy atom. The monoisotopic (exact) mass is 256 g/mol. The molecule has 0 aliphatic rings. The zero-order valence-electron chi connectivity index (χ0n) is 10.7. The molecule has 2 heterocycles. The summed E-state index contributed by atoms with van der Waals surface area (Å²) in [6.45, 7) is 3.79. The Morgan fingerprint density at radius 3 is 2.58 bits per heavy atom. The molecule has 0 fully saturated rings. The van der Waals surface area contributed by atoms with Gasteiger partial charge >= 0.3 is 0 Å². The highest BCUT2D eigenvalue weighted by Gasteiger charge is 2.11. The summed E-state index contributed by atoms with van der Waals surface area (Å²) >= 11 is 0. The lowest BCUT2D eigenvalue weighted by atomic mass is 10.1. The minimum Gasteiger partial charge on any atom is -0.464 e. The smallest absolute Gasteiger partial charge is 0.149 e. The zero-order chi connectivity index (χ0) is 13.4. The number of halogens is 1. The van der Waals surface area contributed by atoms with Gasteiger partial charge in [0.1, 0.15) is 17.3 Å². The van der Waals surface area contributed by atoms with Crippen molar-refractivity contribution >= 4 is 0 Å². The first-order chi connectivity index (χ1) is 9.15. The molecule has 0 spiro atoms. The maximum absolute atomic E-state index is 14.2. The van der Waals surface area contributed by atoms with Gasteiger partial charge in [0.05, 0.1) is 12.0 Å². The Morgan fingerprint density at radius 2 is 2.00 bits per heavy atom. The van der Waals surface area contributed by atoms with Crippen LogP contribution in [0.4, 0.5) is 4.39 Å². The molecule has 0 bridgehead atoms. The molecule has 19 heavy (non-hydrogen) atoms. The number of benzene rings is 1. The molecule has 0 aliphatic carbocycles. The van der Waals surface area contributed by atoms with Gasteiger partial charge in [-0.05, 0) is 50.2 Å². The minimum atomic E-state index is -0.319. The van der Waals surface area contributed by atoms with Crippen LogP contribution in [-0.4, -0.2) is 9.78 Å². The van der Waals surface area contributed by atoms with Gasteiger partial charge in [-0.3, -0.25) is 0 Å². The molecule has 0 radical (unpaired) electrons. The van der Waals surface area contributed by atoms with Crippen molar-refractivity contribution in [3.63, 3.8) is 0 Å². The van der Waals surface area contributed by atoms with Gasteiger partial charge in [-0.15, -0.1) is 0 Å². The number of hydrogen-bond acceptors (Lipinski definition) is 2. The van der Waals surface area contributed by atoms with Gasteiger partial charge in [0.15, 0.2) is 0 Å². The SMILES string of the molecule is Cc1cc(C)n(-c2ccc(-c3ccco3)cc2F)n1. The Kier molecular flexibility index (Phi) is 2.71. The molecule has 0 saturated carbocycles. The number of furan rings is 1. The standard InChI is InChI=1S/C15H13FN2O/c1-10-8-11(2)18(17-10)14-6-5-12(9-13(14)16)15-4-3-7-19-15/h3-9H,1-2H3. The third-order valence-corrected chi connectivity index (χ3v) is 2.99. The van der Waals surface area contributed by atoms with Crippen LogP contribution in [0.5, 0.6) is 0 Å². The molecule has 96 valence electrons. The lowest BCUT2D eigenvalue weighted by molar-refractivity contribution is 0.578. The topological polar surface area (TPSA) is 31.0 Å². The lowest BCUT2D eigenvalue weighted by Gasteiger charge is -2.07. The number of aryl methyl sites for hydroxylation is 2. The van der Waals surface area contributed by atoms with Crippen LogP contribution in [0.3, 0.4) is 0 Å². The third-order valence-electron chi connectivity index (χ3n) is 2.99. The summed E-state index contributed by atoms with van der Waals surface area (Å²) in [6.07, 6.45) is 1.57. The van der Waals surface area contributed by atoms with Gasteiger partial charge in [-0.1, -0.05) is 0 Å². The molecular formula is C15H13FN2O. The number of aromatic nitrogens is 2. The van der Waals surface area contributed by atoms with E-state index in [1.165, 1.54) is 6.07 Å². The van der Waals surface area contributed by atoms with Crippen molar-refractivity contribution < 1.29 is 8.81 Å². The van der Waals surface area contributed by atoms with Crippen molar-refractivity contribution in [1.82, 2.24) is 9.78 Å². The van der Waals surface area contributed by atoms with Crippen molar-refractivity contribution in [2.75, 3.05) is 0 Å². The Labute approximate surface area is 110 Å². The van der Waals surface area contributed by atoms with Crippen LogP contribution in [0.15, 0.2) is 47.1 Å². The predicted molar refractivity (Wildman–Crippen MR) is 70.7 cm³/mol. The van der Waals surface area contributed by atoms with E-state index in [0.717, 1.165) is 11.4 Å². The van der Waals surface area contributed by atoms with E-state index in [0.29, 0.717) is 17.0 Å². The van der Waals surface area contributed by atoms with Crippen LogP contribution in [0.2, 0.25) is 0 Å². The highest BCUT2D eigenvalue weighted by atomic mass is 19.1. The van der Waals surface area contributed by atoms with Gasteiger partial charge in [-0.25, -0.2) is 9.07 Å².